The molecule has 0 aliphatic heterocycles. The van der Waals surface area contributed by atoms with Crippen LogP contribution in [0.5, 0.6) is 0 Å². The molecule has 0 amide bonds. The summed E-state index contributed by atoms with van der Waals surface area (Å²) < 4.78 is 0. The fraction of sp³-hybridized carbons (Fsp3) is 0.300. The molecule has 0 unspecified atom stereocenters. The number of imidazole rings is 1. The number of carbonyl (C=O) groups excluding carboxylic acids is 1. The summed E-state index contributed by atoms with van der Waals surface area (Å²) >= 11 is 0. The third kappa shape index (κ3) is 1.79. The van der Waals surface area contributed by atoms with Crippen LogP contribution >= 0.6 is 0 Å². The average molecular weight is 189 g/mol. The first-order valence-electron chi connectivity index (χ1n) is 4.55. The van der Waals surface area contributed by atoms with Crippen molar-refractivity contribution < 1.29 is 4.79 Å². The fourth-order valence-corrected chi connectivity index (χ4v) is 1.31. The van der Waals surface area contributed by atoms with Gasteiger partial charge in [-0.1, -0.05) is 0 Å². The van der Waals surface area contributed by atoms with E-state index in [1.54, 1.807) is 13.1 Å². The van der Waals surface area contributed by atoms with E-state index in [1.807, 2.05) is 12.1 Å². The van der Waals surface area contributed by atoms with Crippen LogP contribution in [0.2, 0.25) is 0 Å². The van der Waals surface area contributed by atoms with E-state index in [0.717, 1.165) is 11.3 Å². The number of aromatic amines is 1. The molecule has 0 saturated heterocycles. The average Bonchev–Trinajstić information content (AvgIpc) is 2.57. The molecule has 0 aliphatic carbocycles. The Balaban J connectivity index is 2.22. The zero-order valence-corrected chi connectivity index (χ0v) is 7.95. The van der Waals surface area contributed by atoms with Crippen LogP contribution in [0, 0.1) is 0 Å². The first kappa shape index (κ1) is 8.87. The zero-order chi connectivity index (χ0) is 9.97. The van der Waals surface area contributed by atoms with Crippen LogP contribution in [0.3, 0.4) is 0 Å². The normalized spacial score (nSPS) is 10.6. The van der Waals surface area contributed by atoms with Gasteiger partial charge in [-0.05, 0) is 19.1 Å². The summed E-state index contributed by atoms with van der Waals surface area (Å²) in [5.41, 5.74) is 1.64. The standard InChI is InChI=1S/C10H11N3O/c1-7(14)4-5-9-12-8-3-2-6-11-10(8)13-9/h2-3,6H,4-5H2,1H3,(H,11,12,13). The van der Waals surface area contributed by atoms with Crippen LogP contribution in [-0.4, -0.2) is 20.7 Å². The van der Waals surface area contributed by atoms with Gasteiger partial charge in [-0.25, -0.2) is 9.97 Å². The zero-order valence-electron chi connectivity index (χ0n) is 7.95. The van der Waals surface area contributed by atoms with Gasteiger partial charge in [0.2, 0.25) is 0 Å². The Morgan fingerprint density at radius 2 is 2.43 bits per heavy atom. The van der Waals surface area contributed by atoms with Gasteiger partial charge in [0.05, 0.1) is 5.52 Å². The van der Waals surface area contributed by atoms with E-state index in [2.05, 4.69) is 15.0 Å². The van der Waals surface area contributed by atoms with Gasteiger partial charge in [0.1, 0.15) is 11.6 Å². The molecule has 1 N–H and O–H groups in total. The minimum absolute atomic E-state index is 0.179. The first-order chi connectivity index (χ1) is 6.75. The lowest BCUT2D eigenvalue weighted by Crippen LogP contribution is -1.95. The van der Waals surface area contributed by atoms with Crippen molar-refractivity contribution in [2.24, 2.45) is 0 Å². The molecule has 0 aliphatic rings. The van der Waals surface area contributed by atoms with E-state index < -0.39 is 0 Å². The van der Waals surface area contributed by atoms with E-state index in [4.69, 9.17) is 0 Å². The number of carbonyl (C=O) groups is 1. The molecule has 0 spiro atoms. The largest absolute Gasteiger partial charge is 0.341 e. The number of nitrogens with one attached hydrogen (secondary N) is 1. The maximum atomic E-state index is 10.8. The van der Waals surface area contributed by atoms with Crippen molar-refractivity contribution in [2.45, 2.75) is 19.8 Å². The number of aryl methyl sites for hydroxylation is 1. The summed E-state index contributed by atoms with van der Waals surface area (Å²) in [4.78, 5) is 22.3. The van der Waals surface area contributed by atoms with E-state index in [0.29, 0.717) is 18.5 Å². The van der Waals surface area contributed by atoms with E-state index >= 15 is 0 Å². The van der Waals surface area contributed by atoms with E-state index in [9.17, 15) is 4.79 Å². The summed E-state index contributed by atoms with van der Waals surface area (Å²) in [6.45, 7) is 1.58. The molecule has 2 rings (SSSR count). The number of H-pyrrole nitrogens is 1. The molecule has 2 aromatic heterocycles. The van der Waals surface area contributed by atoms with Gasteiger partial charge >= 0.3 is 0 Å². The maximum absolute atomic E-state index is 10.8. The molecule has 0 radical (unpaired) electrons. The Hall–Kier alpha value is -1.71. The molecule has 0 bridgehead atoms. The minimum atomic E-state index is 0.179. The second kappa shape index (κ2) is 3.57. The van der Waals surface area contributed by atoms with Crippen LogP contribution in [0.1, 0.15) is 19.2 Å². The van der Waals surface area contributed by atoms with Gasteiger partial charge in [-0.15, -0.1) is 0 Å². The second-order valence-electron chi connectivity index (χ2n) is 3.26. The van der Waals surface area contributed by atoms with Crippen molar-refractivity contribution in [3.63, 3.8) is 0 Å². The van der Waals surface area contributed by atoms with Gasteiger partial charge in [-0.2, -0.15) is 0 Å². The van der Waals surface area contributed by atoms with Gasteiger partial charge in [0.25, 0.3) is 0 Å². The van der Waals surface area contributed by atoms with E-state index in [-0.39, 0.29) is 5.78 Å². The van der Waals surface area contributed by atoms with Crippen LogP contribution in [0.15, 0.2) is 18.3 Å². The molecular weight excluding hydrogens is 178 g/mol. The molecule has 0 saturated carbocycles. The molecule has 0 aromatic carbocycles. The lowest BCUT2D eigenvalue weighted by Gasteiger charge is -1.90. The van der Waals surface area contributed by atoms with Crippen LogP contribution in [0.4, 0.5) is 0 Å². The highest BCUT2D eigenvalue weighted by molar-refractivity contribution is 5.76. The number of hydrogen-bond acceptors (Lipinski definition) is 3. The third-order valence-corrected chi connectivity index (χ3v) is 2.02. The SMILES string of the molecule is CC(=O)CCc1nc2ncccc2[nH]1. The summed E-state index contributed by atoms with van der Waals surface area (Å²) in [6.07, 6.45) is 2.89. The smallest absolute Gasteiger partial charge is 0.177 e. The molecule has 0 atom stereocenters. The quantitative estimate of drug-likeness (QED) is 0.795. The van der Waals surface area contributed by atoms with Gasteiger partial charge < -0.3 is 9.78 Å². The van der Waals surface area contributed by atoms with Crippen molar-refractivity contribution in [1.82, 2.24) is 15.0 Å². The highest BCUT2D eigenvalue weighted by Gasteiger charge is 2.03. The number of aromatic nitrogens is 3. The van der Waals surface area contributed by atoms with Crippen LogP contribution in [0.25, 0.3) is 11.2 Å². The highest BCUT2D eigenvalue weighted by atomic mass is 16.1. The number of hydrogen-bond donors (Lipinski definition) is 1. The number of ketones is 1. The molecular formula is C10H11N3O. The lowest BCUT2D eigenvalue weighted by molar-refractivity contribution is -0.117. The van der Waals surface area contributed by atoms with Crippen molar-refractivity contribution in [2.75, 3.05) is 0 Å². The summed E-state index contributed by atoms with van der Waals surface area (Å²) in [6, 6.07) is 3.78. The monoisotopic (exact) mass is 189 g/mol. The Kier molecular flexibility index (Phi) is 2.26. The molecule has 4 nitrogen and oxygen atoms in total. The van der Waals surface area contributed by atoms with Crippen LogP contribution < -0.4 is 0 Å². The molecule has 2 heterocycles. The maximum Gasteiger partial charge on any atom is 0.177 e. The Bertz CT molecular complexity index is 428. The van der Waals surface area contributed by atoms with Gasteiger partial charge in [0.15, 0.2) is 5.65 Å². The van der Waals surface area contributed by atoms with Crippen molar-refractivity contribution in [3.8, 4) is 0 Å². The van der Waals surface area contributed by atoms with Crippen molar-refractivity contribution in [3.05, 3.63) is 24.2 Å². The summed E-state index contributed by atoms with van der Waals surface area (Å²) in [5, 5.41) is 0. The minimum Gasteiger partial charge on any atom is -0.341 e. The molecule has 4 heteroatoms. The topological polar surface area (TPSA) is 58.6 Å². The Morgan fingerprint density at radius 3 is 3.14 bits per heavy atom. The Labute approximate surface area is 81.4 Å². The van der Waals surface area contributed by atoms with Crippen molar-refractivity contribution in [1.29, 1.82) is 0 Å². The second-order valence-corrected chi connectivity index (χ2v) is 3.26. The highest BCUT2D eigenvalue weighted by Crippen LogP contribution is 2.08. The molecule has 14 heavy (non-hydrogen) atoms. The number of nitrogens with zero attached hydrogens (tertiary/aromatic N) is 2. The van der Waals surface area contributed by atoms with Gasteiger partial charge in [0, 0.05) is 19.0 Å². The lowest BCUT2D eigenvalue weighted by atomic mass is 10.2. The predicted molar refractivity (Wildman–Crippen MR) is 52.9 cm³/mol. The van der Waals surface area contributed by atoms with Gasteiger partial charge in [-0.3, -0.25) is 0 Å². The van der Waals surface area contributed by atoms with Crippen LogP contribution in [-0.2, 0) is 11.2 Å². The van der Waals surface area contributed by atoms with Crippen molar-refractivity contribution >= 4 is 16.9 Å². The molecule has 72 valence electrons. The third-order valence-electron chi connectivity index (χ3n) is 2.02. The first-order valence-corrected chi connectivity index (χ1v) is 4.55. The number of Topliss-reactive ketones (excluding diaryl/α,β-unsaturated/α-hetero) is 1. The predicted octanol–water partition coefficient (Wildman–Crippen LogP) is 1.48. The molecule has 2 aromatic rings. The van der Waals surface area contributed by atoms with E-state index in [1.165, 1.54) is 0 Å². The summed E-state index contributed by atoms with van der Waals surface area (Å²) in [7, 11) is 0. The Morgan fingerprint density at radius 1 is 1.57 bits per heavy atom. The number of pyridine rings is 1. The summed E-state index contributed by atoms with van der Waals surface area (Å²) in [5.74, 6) is 1.01. The number of fused-ring (bicyclic) bond motifs is 1. The molecule has 0 fully saturated rings. The number of rotatable bonds is 3. The fourth-order valence-electron chi connectivity index (χ4n) is 1.31.